The van der Waals surface area contributed by atoms with Gasteiger partial charge in [-0.15, -0.1) is 0 Å². The quantitative estimate of drug-likeness (QED) is 0.445. The molecule has 0 fully saturated rings. The molecule has 0 unspecified atom stereocenters. The SMILES string of the molecule is CC(=O)Oc1cc(C)ccc1C(C)=CCC=C(C)C. The highest BCUT2D eigenvalue weighted by Gasteiger charge is 2.07. The maximum absolute atomic E-state index is 11.2. The molecule has 19 heavy (non-hydrogen) atoms. The average Bonchev–Trinajstić information content (AvgIpc) is 2.27. The van der Waals surface area contributed by atoms with Crippen molar-refractivity contribution in [1.29, 1.82) is 0 Å². The number of ether oxygens (including phenoxy) is 1. The zero-order valence-corrected chi connectivity index (χ0v) is 12.4. The molecule has 0 saturated heterocycles. The van der Waals surface area contributed by atoms with Crippen molar-refractivity contribution in [1.82, 2.24) is 0 Å². The third-order valence-corrected chi connectivity index (χ3v) is 2.77. The maximum atomic E-state index is 11.2. The summed E-state index contributed by atoms with van der Waals surface area (Å²) in [5, 5.41) is 0. The summed E-state index contributed by atoms with van der Waals surface area (Å²) < 4.78 is 5.28. The Labute approximate surface area is 115 Å². The molecule has 0 aliphatic carbocycles. The smallest absolute Gasteiger partial charge is 0.308 e. The van der Waals surface area contributed by atoms with E-state index in [1.165, 1.54) is 12.5 Å². The molecule has 0 aliphatic heterocycles. The van der Waals surface area contributed by atoms with Gasteiger partial charge in [-0.1, -0.05) is 29.9 Å². The van der Waals surface area contributed by atoms with Crippen LogP contribution in [0, 0.1) is 6.92 Å². The van der Waals surface area contributed by atoms with Gasteiger partial charge in [0.05, 0.1) is 0 Å². The molecule has 0 radical (unpaired) electrons. The van der Waals surface area contributed by atoms with Gasteiger partial charge in [-0.3, -0.25) is 4.79 Å². The Morgan fingerprint density at radius 3 is 2.42 bits per heavy atom. The van der Waals surface area contributed by atoms with E-state index < -0.39 is 0 Å². The first-order chi connectivity index (χ1) is 8.90. The predicted molar refractivity (Wildman–Crippen MR) is 80.2 cm³/mol. The van der Waals surface area contributed by atoms with Crippen molar-refractivity contribution in [3.05, 3.63) is 47.1 Å². The van der Waals surface area contributed by atoms with Crippen molar-refractivity contribution < 1.29 is 9.53 Å². The first-order valence-electron chi connectivity index (χ1n) is 6.49. The fourth-order valence-corrected chi connectivity index (χ4v) is 1.78. The Morgan fingerprint density at radius 1 is 1.16 bits per heavy atom. The van der Waals surface area contributed by atoms with E-state index in [9.17, 15) is 4.79 Å². The van der Waals surface area contributed by atoms with Crippen LogP contribution in [0.4, 0.5) is 0 Å². The van der Waals surface area contributed by atoms with E-state index in [0.717, 1.165) is 23.1 Å². The number of aryl methyl sites for hydroxylation is 1. The average molecular weight is 258 g/mol. The Hall–Kier alpha value is -1.83. The Kier molecular flexibility index (Phi) is 5.56. The summed E-state index contributed by atoms with van der Waals surface area (Å²) in [5.41, 5.74) is 4.47. The van der Waals surface area contributed by atoms with Crippen LogP contribution in [0.15, 0.2) is 35.9 Å². The monoisotopic (exact) mass is 258 g/mol. The predicted octanol–water partition coefficient (Wildman–Crippen LogP) is 4.68. The molecule has 0 heterocycles. The van der Waals surface area contributed by atoms with E-state index in [1.54, 1.807) is 0 Å². The maximum Gasteiger partial charge on any atom is 0.308 e. The number of carbonyl (C=O) groups is 1. The standard InChI is InChI=1S/C17H22O2/c1-12(2)7-6-8-14(4)16-10-9-13(3)11-17(16)19-15(5)18/h7-11H,6H2,1-5H3. The topological polar surface area (TPSA) is 26.3 Å². The van der Waals surface area contributed by atoms with Crippen molar-refractivity contribution >= 4 is 11.5 Å². The van der Waals surface area contributed by atoms with Gasteiger partial charge in [0.2, 0.25) is 0 Å². The summed E-state index contributed by atoms with van der Waals surface area (Å²) in [4.78, 5) is 11.2. The molecule has 0 N–H and O–H groups in total. The van der Waals surface area contributed by atoms with Crippen LogP contribution in [-0.2, 0) is 4.79 Å². The van der Waals surface area contributed by atoms with E-state index in [4.69, 9.17) is 4.74 Å². The van der Waals surface area contributed by atoms with Crippen LogP contribution in [0.5, 0.6) is 5.75 Å². The molecule has 1 rings (SSSR count). The molecule has 2 nitrogen and oxygen atoms in total. The van der Waals surface area contributed by atoms with Crippen molar-refractivity contribution in [2.75, 3.05) is 0 Å². The third kappa shape index (κ3) is 5.12. The Balaban J connectivity index is 3.04. The molecule has 1 aromatic rings. The summed E-state index contributed by atoms with van der Waals surface area (Å²) in [6.45, 7) is 9.61. The van der Waals surface area contributed by atoms with Gasteiger partial charge in [0.15, 0.2) is 0 Å². The van der Waals surface area contributed by atoms with Crippen molar-refractivity contribution in [3.63, 3.8) is 0 Å². The van der Waals surface area contributed by atoms with Crippen LogP contribution in [0.3, 0.4) is 0 Å². The summed E-state index contributed by atoms with van der Waals surface area (Å²) in [6, 6.07) is 5.93. The molecule has 0 aromatic heterocycles. The molecule has 1 aromatic carbocycles. The second kappa shape index (κ2) is 6.93. The summed E-state index contributed by atoms with van der Waals surface area (Å²) >= 11 is 0. The number of hydrogen-bond acceptors (Lipinski definition) is 2. The van der Waals surface area contributed by atoms with E-state index >= 15 is 0 Å². The lowest BCUT2D eigenvalue weighted by Gasteiger charge is -2.10. The van der Waals surface area contributed by atoms with Gasteiger partial charge in [-0.2, -0.15) is 0 Å². The molecule has 2 heteroatoms. The number of rotatable bonds is 4. The number of allylic oxidation sites excluding steroid dienone is 4. The van der Waals surface area contributed by atoms with Crippen molar-refractivity contribution in [2.24, 2.45) is 0 Å². The lowest BCUT2D eigenvalue weighted by atomic mass is 10.0. The van der Waals surface area contributed by atoms with Crippen LogP contribution < -0.4 is 4.74 Å². The molecule has 0 atom stereocenters. The summed E-state index contributed by atoms with van der Waals surface area (Å²) in [7, 11) is 0. The minimum atomic E-state index is -0.288. The van der Waals surface area contributed by atoms with E-state index in [2.05, 4.69) is 26.0 Å². The molecule has 0 aliphatic rings. The number of esters is 1. The molecular formula is C17H22O2. The molecule has 0 bridgehead atoms. The number of carbonyl (C=O) groups excluding carboxylic acids is 1. The molecule has 102 valence electrons. The summed E-state index contributed by atoms with van der Waals surface area (Å²) in [5.74, 6) is 0.349. The van der Waals surface area contributed by atoms with E-state index in [-0.39, 0.29) is 5.97 Å². The summed E-state index contributed by atoms with van der Waals surface area (Å²) in [6.07, 6.45) is 5.20. The van der Waals surface area contributed by atoms with Gasteiger partial charge < -0.3 is 4.74 Å². The highest BCUT2D eigenvalue weighted by molar-refractivity contribution is 5.75. The molecule has 0 amide bonds. The third-order valence-electron chi connectivity index (χ3n) is 2.77. The fraction of sp³-hybridized carbons (Fsp3) is 0.353. The number of hydrogen-bond donors (Lipinski definition) is 0. The van der Waals surface area contributed by atoms with Crippen LogP contribution in [-0.4, -0.2) is 5.97 Å². The first kappa shape index (κ1) is 15.2. The highest BCUT2D eigenvalue weighted by Crippen LogP contribution is 2.27. The van der Waals surface area contributed by atoms with Crippen LogP contribution >= 0.6 is 0 Å². The molecule has 0 spiro atoms. The minimum absolute atomic E-state index is 0.288. The Bertz CT molecular complexity index is 518. The largest absolute Gasteiger partial charge is 0.426 e. The van der Waals surface area contributed by atoms with Gasteiger partial charge in [0.1, 0.15) is 5.75 Å². The van der Waals surface area contributed by atoms with Crippen molar-refractivity contribution in [3.8, 4) is 5.75 Å². The van der Waals surface area contributed by atoms with Crippen molar-refractivity contribution in [2.45, 2.75) is 41.0 Å². The van der Waals surface area contributed by atoms with Crippen LogP contribution in [0.1, 0.15) is 45.2 Å². The van der Waals surface area contributed by atoms with Gasteiger partial charge in [-0.25, -0.2) is 0 Å². The first-order valence-corrected chi connectivity index (χ1v) is 6.49. The normalized spacial score (nSPS) is 11.1. The fourth-order valence-electron chi connectivity index (χ4n) is 1.78. The highest BCUT2D eigenvalue weighted by atomic mass is 16.5. The van der Waals surface area contributed by atoms with E-state index in [1.807, 2.05) is 32.0 Å². The second-order valence-corrected chi connectivity index (χ2v) is 5.00. The minimum Gasteiger partial charge on any atom is -0.426 e. The zero-order valence-electron chi connectivity index (χ0n) is 12.4. The van der Waals surface area contributed by atoms with Crippen LogP contribution in [0.25, 0.3) is 5.57 Å². The lowest BCUT2D eigenvalue weighted by Crippen LogP contribution is -2.03. The van der Waals surface area contributed by atoms with Gasteiger partial charge >= 0.3 is 5.97 Å². The van der Waals surface area contributed by atoms with Gasteiger partial charge in [-0.05, 0) is 51.3 Å². The molecular weight excluding hydrogens is 236 g/mol. The molecule has 0 saturated carbocycles. The zero-order chi connectivity index (χ0) is 14.4. The Morgan fingerprint density at radius 2 is 1.84 bits per heavy atom. The lowest BCUT2D eigenvalue weighted by molar-refractivity contribution is -0.131. The van der Waals surface area contributed by atoms with Crippen LogP contribution in [0.2, 0.25) is 0 Å². The van der Waals surface area contributed by atoms with Gasteiger partial charge in [0, 0.05) is 12.5 Å². The number of benzene rings is 1. The second-order valence-electron chi connectivity index (χ2n) is 5.00. The van der Waals surface area contributed by atoms with Gasteiger partial charge in [0.25, 0.3) is 0 Å². The van der Waals surface area contributed by atoms with E-state index in [0.29, 0.717) is 5.75 Å².